The molecular formula is C11H14O3. The zero-order chi connectivity index (χ0) is 10.4. The first-order chi connectivity index (χ1) is 6.74. The van der Waals surface area contributed by atoms with E-state index in [2.05, 4.69) is 16.6 Å². The molecule has 3 heteroatoms. The monoisotopic (exact) mass is 194 g/mol. The number of rotatable bonds is 1. The number of methoxy groups -OCH3 is 1. The lowest BCUT2D eigenvalue weighted by Gasteiger charge is -2.17. The molecule has 0 heterocycles. The second kappa shape index (κ2) is 5.43. The van der Waals surface area contributed by atoms with Gasteiger partial charge >= 0.3 is 5.97 Å². The van der Waals surface area contributed by atoms with Gasteiger partial charge in [-0.1, -0.05) is 19.3 Å². The van der Waals surface area contributed by atoms with E-state index < -0.39 is 5.97 Å². The predicted molar refractivity (Wildman–Crippen MR) is 51.4 cm³/mol. The first kappa shape index (κ1) is 10.8. The molecule has 0 bridgehead atoms. The second-order valence-electron chi connectivity index (χ2n) is 3.44. The van der Waals surface area contributed by atoms with Crippen molar-refractivity contribution in [2.24, 2.45) is 5.92 Å². The normalized spacial score (nSPS) is 16.6. The van der Waals surface area contributed by atoms with Crippen LogP contribution in [0.15, 0.2) is 0 Å². The van der Waals surface area contributed by atoms with E-state index in [9.17, 15) is 9.59 Å². The van der Waals surface area contributed by atoms with Crippen molar-refractivity contribution in [3.63, 3.8) is 0 Å². The fourth-order valence-corrected chi connectivity index (χ4v) is 1.63. The summed E-state index contributed by atoms with van der Waals surface area (Å²) >= 11 is 0. The largest absolute Gasteiger partial charge is 0.459 e. The summed E-state index contributed by atoms with van der Waals surface area (Å²) in [6, 6.07) is 0. The van der Waals surface area contributed by atoms with Crippen molar-refractivity contribution in [1.82, 2.24) is 0 Å². The number of ether oxygens (including phenoxy) is 1. The molecule has 1 fully saturated rings. The Balaban J connectivity index is 2.46. The van der Waals surface area contributed by atoms with Crippen LogP contribution >= 0.6 is 0 Å². The Hall–Kier alpha value is -1.30. The quantitative estimate of drug-likeness (QED) is 0.273. The molecule has 1 aliphatic rings. The molecule has 0 N–H and O–H groups in total. The Morgan fingerprint density at radius 2 is 1.79 bits per heavy atom. The Morgan fingerprint density at radius 3 is 2.36 bits per heavy atom. The smallest absolute Gasteiger partial charge is 0.384 e. The van der Waals surface area contributed by atoms with E-state index in [0.29, 0.717) is 0 Å². The summed E-state index contributed by atoms with van der Waals surface area (Å²) < 4.78 is 4.32. The molecule has 0 aliphatic heterocycles. The summed E-state index contributed by atoms with van der Waals surface area (Å²) in [5.41, 5.74) is 0. The molecule has 14 heavy (non-hydrogen) atoms. The van der Waals surface area contributed by atoms with Gasteiger partial charge in [0.2, 0.25) is 5.78 Å². The molecule has 0 aromatic heterocycles. The zero-order valence-corrected chi connectivity index (χ0v) is 8.34. The first-order valence-electron chi connectivity index (χ1n) is 4.88. The first-order valence-corrected chi connectivity index (χ1v) is 4.88. The van der Waals surface area contributed by atoms with Gasteiger partial charge in [0.05, 0.1) is 7.11 Å². The van der Waals surface area contributed by atoms with E-state index in [4.69, 9.17) is 0 Å². The van der Waals surface area contributed by atoms with Crippen LogP contribution in [0.3, 0.4) is 0 Å². The maximum absolute atomic E-state index is 11.4. The van der Waals surface area contributed by atoms with Crippen LogP contribution in [0.1, 0.15) is 32.1 Å². The third-order valence-corrected chi connectivity index (χ3v) is 2.45. The van der Waals surface area contributed by atoms with E-state index in [1.54, 1.807) is 0 Å². The highest BCUT2D eigenvalue weighted by atomic mass is 16.5. The summed E-state index contributed by atoms with van der Waals surface area (Å²) in [5.74, 6) is 3.79. The van der Waals surface area contributed by atoms with Crippen molar-refractivity contribution in [1.29, 1.82) is 0 Å². The van der Waals surface area contributed by atoms with Crippen LogP contribution in [0.4, 0.5) is 0 Å². The molecule has 0 saturated heterocycles. The lowest BCUT2D eigenvalue weighted by atomic mass is 9.86. The number of ketones is 1. The standard InChI is InChI=1S/C11H14O3/c1-14-11(13)8-7-10(12)9-5-3-2-4-6-9/h9H,2-6H2,1H3. The van der Waals surface area contributed by atoms with Crippen LogP contribution in [-0.2, 0) is 14.3 Å². The Labute approximate surface area is 83.8 Å². The van der Waals surface area contributed by atoms with Crippen LogP contribution < -0.4 is 0 Å². The highest BCUT2D eigenvalue weighted by Crippen LogP contribution is 2.23. The molecule has 0 aromatic carbocycles. The average Bonchev–Trinajstić information content (AvgIpc) is 2.26. The van der Waals surface area contributed by atoms with Gasteiger partial charge in [0.1, 0.15) is 0 Å². The summed E-state index contributed by atoms with van der Waals surface area (Å²) in [6.07, 6.45) is 5.21. The molecule has 3 nitrogen and oxygen atoms in total. The van der Waals surface area contributed by atoms with Gasteiger partial charge in [-0.3, -0.25) is 4.79 Å². The van der Waals surface area contributed by atoms with Crippen molar-refractivity contribution >= 4 is 11.8 Å². The molecular weight excluding hydrogens is 180 g/mol. The molecule has 1 rings (SSSR count). The van der Waals surface area contributed by atoms with Gasteiger partial charge < -0.3 is 4.74 Å². The van der Waals surface area contributed by atoms with Gasteiger partial charge in [0, 0.05) is 11.8 Å². The number of carbonyl (C=O) groups is 2. The van der Waals surface area contributed by atoms with Crippen molar-refractivity contribution in [3.05, 3.63) is 0 Å². The van der Waals surface area contributed by atoms with Crippen LogP contribution in [0.5, 0.6) is 0 Å². The second-order valence-corrected chi connectivity index (χ2v) is 3.44. The highest BCUT2D eigenvalue weighted by Gasteiger charge is 2.19. The topological polar surface area (TPSA) is 43.4 Å². The van der Waals surface area contributed by atoms with Crippen molar-refractivity contribution in [2.75, 3.05) is 7.11 Å². The minimum absolute atomic E-state index is 0.0425. The summed E-state index contributed by atoms with van der Waals surface area (Å²) in [6.45, 7) is 0. The lowest BCUT2D eigenvalue weighted by molar-refractivity contribution is -0.134. The fourth-order valence-electron chi connectivity index (χ4n) is 1.63. The maximum atomic E-state index is 11.4. The molecule has 0 aromatic rings. The van der Waals surface area contributed by atoms with Crippen LogP contribution in [-0.4, -0.2) is 18.9 Å². The van der Waals surface area contributed by atoms with Gasteiger partial charge in [-0.05, 0) is 18.8 Å². The summed E-state index contributed by atoms with van der Waals surface area (Å²) in [7, 11) is 1.25. The van der Waals surface area contributed by atoms with Crippen LogP contribution in [0.2, 0.25) is 0 Å². The molecule has 0 spiro atoms. The molecule has 0 radical (unpaired) electrons. The SMILES string of the molecule is COC(=O)C#CC(=O)C1CCCCC1. The minimum Gasteiger partial charge on any atom is -0.459 e. The summed E-state index contributed by atoms with van der Waals surface area (Å²) in [4.78, 5) is 22.1. The van der Waals surface area contributed by atoms with E-state index in [0.717, 1.165) is 25.7 Å². The van der Waals surface area contributed by atoms with Crippen molar-refractivity contribution in [2.45, 2.75) is 32.1 Å². The number of hydrogen-bond acceptors (Lipinski definition) is 3. The number of hydrogen-bond donors (Lipinski definition) is 0. The van der Waals surface area contributed by atoms with Gasteiger partial charge in [-0.2, -0.15) is 0 Å². The minimum atomic E-state index is -0.644. The molecule has 0 atom stereocenters. The fraction of sp³-hybridized carbons (Fsp3) is 0.636. The average molecular weight is 194 g/mol. The predicted octanol–water partition coefficient (Wildman–Crippen LogP) is 1.31. The molecule has 1 aliphatic carbocycles. The van der Waals surface area contributed by atoms with E-state index >= 15 is 0 Å². The van der Waals surface area contributed by atoms with Crippen molar-refractivity contribution in [3.8, 4) is 11.8 Å². The number of Topliss-reactive ketones (excluding diaryl/α,β-unsaturated/α-hetero) is 1. The van der Waals surface area contributed by atoms with Crippen molar-refractivity contribution < 1.29 is 14.3 Å². The van der Waals surface area contributed by atoms with Crippen LogP contribution in [0, 0.1) is 17.8 Å². The van der Waals surface area contributed by atoms with Gasteiger partial charge in [-0.15, -0.1) is 0 Å². The zero-order valence-electron chi connectivity index (χ0n) is 8.34. The highest BCUT2D eigenvalue weighted by molar-refractivity contribution is 6.03. The molecule has 0 unspecified atom stereocenters. The van der Waals surface area contributed by atoms with E-state index in [1.807, 2.05) is 0 Å². The van der Waals surface area contributed by atoms with E-state index in [-0.39, 0.29) is 11.7 Å². The van der Waals surface area contributed by atoms with Gasteiger partial charge in [0.15, 0.2) is 0 Å². The Kier molecular flexibility index (Phi) is 4.18. The molecule has 76 valence electrons. The maximum Gasteiger partial charge on any atom is 0.384 e. The van der Waals surface area contributed by atoms with Gasteiger partial charge in [0.25, 0.3) is 0 Å². The third kappa shape index (κ3) is 3.21. The molecule has 0 amide bonds. The molecule has 1 saturated carbocycles. The summed E-state index contributed by atoms with van der Waals surface area (Å²) in [5, 5.41) is 0. The van der Waals surface area contributed by atoms with Crippen LogP contribution in [0.25, 0.3) is 0 Å². The van der Waals surface area contributed by atoms with E-state index in [1.165, 1.54) is 13.5 Å². The number of esters is 1. The third-order valence-electron chi connectivity index (χ3n) is 2.45. The number of carbonyl (C=O) groups excluding carboxylic acids is 2. The van der Waals surface area contributed by atoms with Gasteiger partial charge in [-0.25, -0.2) is 4.79 Å². The lowest BCUT2D eigenvalue weighted by Crippen LogP contribution is -2.16. The Morgan fingerprint density at radius 1 is 1.14 bits per heavy atom. The Bertz CT molecular complexity index is 277.